The van der Waals surface area contributed by atoms with Crippen molar-refractivity contribution in [1.29, 1.82) is 0 Å². The Bertz CT molecular complexity index is 619. The number of amides is 2. The van der Waals surface area contributed by atoms with Gasteiger partial charge >= 0.3 is 0 Å². The third-order valence-corrected chi connectivity index (χ3v) is 5.60. The molecular weight excluding hydrogens is 338 g/mol. The molecule has 3 rings (SSSR count). The fourth-order valence-corrected chi connectivity index (χ4v) is 4.16. The van der Waals surface area contributed by atoms with Crippen LogP contribution in [0.5, 0.6) is 5.75 Å². The third kappa shape index (κ3) is 4.67. The Morgan fingerprint density at radius 3 is 2.80 bits per heavy atom. The molecule has 1 atom stereocenters. The molecule has 0 bridgehead atoms. The average molecular weight is 363 g/mol. The van der Waals surface area contributed by atoms with Crippen molar-refractivity contribution < 1.29 is 14.3 Å². The molecule has 0 saturated carbocycles. The second-order valence-corrected chi connectivity index (χ2v) is 7.39. The Hall–Kier alpha value is -1.73. The van der Waals surface area contributed by atoms with Gasteiger partial charge in [0, 0.05) is 37.8 Å². The first kappa shape index (κ1) is 18.1. The molecule has 1 N–H and O–H groups in total. The lowest BCUT2D eigenvalue weighted by Crippen LogP contribution is -2.46. The van der Waals surface area contributed by atoms with E-state index in [2.05, 4.69) is 5.32 Å². The highest BCUT2D eigenvalue weighted by Gasteiger charge is 2.29. The molecule has 136 valence electrons. The standard InChI is InChI=1S/C18H25N3O3S/c1-24-15-5-2-4-14(10-15)11-17(22)20-6-3-7-21(9-8-20)18(23)16-12-25-13-19-16/h2,4-5,10,16,19H,3,6-9,11-13H2,1H3. The number of hydrogen-bond donors (Lipinski definition) is 1. The lowest BCUT2D eigenvalue weighted by molar-refractivity contribution is -0.134. The van der Waals surface area contributed by atoms with E-state index in [9.17, 15) is 9.59 Å². The topological polar surface area (TPSA) is 61.9 Å². The maximum atomic E-state index is 12.6. The van der Waals surface area contributed by atoms with Gasteiger partial charge in [-0.05, 0) is 24.1 Å². The lowest BCUT2D eigenvalue weighted by Gasteiger charge is -2.24. The van der Waals surface area contributed by atoms with Crippen molar-refractivity contribution in [1.82, 2.24) is 15.1 Å². The Balaban J connectivity index is 1.54. The molecule has 1 aromatic carbocycles. The number of carbonyl (C=O) groups excluding carboxylic acids is 2. The maximum Gasteiger partial charge on any atom is 0.240 e. The molecule has 2 aliphatic heterocycles. The fraction of sp³-hybridized carbons (Fsp3) is 0.556. The highest BCUT2D eigenvalue weighted by molar-refractivity contribution is 7.99. The van der Waals surface area contributed by atoms with Gasteiger partial charge in [-0.25, -0.2) is 0 Å². The molecule has 2 amide bonds. The summed E-state index contributed by atoms with van der Waals surface area (Å²) in [4.78, 5) is 28.9. The van der Waals surface area contributed by atoms with Gasteiger partial charge in [-0.2, -0.15) is 0 Å². The smallest absolute Gasteiger partial charge is 0.240 e. The van der Waals surface area contributed by atoms with Gasteiger partial charge < -0.3 is 14.5 Å². The van der Waals surface area contributed by atoms with E-state index in [4.69, 9.17) is 4.74 Å². The van der Waals surface area contributed by atoms with Gasteiger partial charge in [0.15, 0.2) is 0 Å². The highest BCUT2D eigenvalue weighted by Crippen LogP contribution is 2.16. The Kier molecular flexibility index (Phi) is 6.20. The first-order valence-corrected chi connectivity index (χ1v) is 9.83. The number of benzene rings is 1. The van der Waals surface area contributed by atoms with Crippen LogP contribution in [0.3, 0.4) is 0 Å². The van der Waals surface area contributed by atoms with Crippen molar-refractivity contribution in [2.24, 2.45) is 0 Å². The minimum Gasteiger partial charge on any atom is -0.497 e. The molecule has 7 heteroatoms. The van der Waals surface area contributed by atoms with E-state index in [1.54, 1.807) is 18.9 Å². The number of ether oxygens (including phenoxy) is 1. The summed E-state index contributed by atoms with van der Waals surface area (Å²) < 4.78 is 5.21. The van der Waals surface area contributed by atoms with E-state index in [0.29, 0.717) is 26.1 Å². The molecule has 0 spiro atoms. The number of nitrogens with zero attached hydrogens (tertiary/aromatic N) is 2. The summed E-state index contributed by atoms with van der Waals surface area (Å²) >= 11 is 1.76. The SMILES string of the molecule is COc1cccc(CC(=O)N2CCCN(C(=O)C3CSCN3)CC2)c1. The summed E-state index contributed by atoms with van der Waals surface area (Å²) in [6.45, 7) is 2.66. The number of rotatable bonds is 4. The van der Waals surface area contributed by atoms with Crippen LogP contribution in [0.1, 0.15) is 12.0 Å². The van der Waals surface area contributed by atoms with Crippen LogP contribution < -0.4 is 10.1 Å². The molecule has 1 unspecified atom stereocenters. The molecule has 1 aromatic rings. The number of carbonyl (C=O) groups is 2. The lowest BCUT2D eigenvalue weighted by atomic mass is 10.1. The van der Waals surface area contributed by atoms with Gasteiger partial charge in [-0.3, -0.25) is 14.9 Å². The maximum absolute atomic E-state index is 12.6. The van der Waals surface area contributed by atoms with Gasteiger partial charge in [-0.1, -0.05) is 12.1 Å². The molecular formula is C18H25N3O3S. The molecule has 6 nitrogen and oxygen atoms in total. The van der Waals surface area contributed by atoms with Crippen LogP contribution in [0.2, 0.25) is 0 Å². The van der Waals surface area contributed by atoms with Crippen LogP contribution in [0.25, 0.3) is 0 Å². The van der Waals surface area contributed by atoms with E-state index in [-0.39, 0.29) is 17.9 Å². The normalized spacial score (nSPS) is 21.1. The monoisotopic (exact) mass is 363 g/mol. The first-order chi connectivity index (χ1) is 12.2. The molecule has 2 saturated heterocycles. The van der Waals surface area contributed by atoms with Gasteiger partial charge in [0.2, 0.25) is 11.8 Å². The summed E-state index contributed by atoms with van der Waals surface area (Å²) in [6, 6.07) is 7.55. The molecule has 2 heterocycles. The minimum absolute atomic E-state index is 0.0657. The number of hydrogen-bond acceptors (Lipinski definition) is 5. The Morgan fingerprint density at radius 1 is 1.24 bits per heavy atom. The van der Waals surface area contributed by atoms with Crippen LogP contribution in [-0.4, -0.2) is 72.6 Å². The summed E-state index contributed by atoms with van der Waals surface area (Å²) in [7, 11) is 1.62. The van der Waals surface area contributed by atoms with E-state index in [1.165, 1.54) is 0 Å². The van der Waals surface area contributed by atoms with E-state index < -0.39 is 0 Å². The second kappa shape index (κ2) is 8.58. The number of thioether (sulfide) groups is 1. The summed E-state index contributed by atoms with van der Waals surface area (Å²) in [6.07, 6.45) is 1.20. The van der Waals surface area contributed by atoms with Gasteiger partial charge in [0.1, 0.15) is 5.75 Å². The Labute approximate surface area is 152 Å². The molecule has 2 aliphatic rings. The third-order valence-electron chi connectivity index (χ3n) is 4.66. The van der Waals surface area contributed by atoms with Crippen LogP contribution >= 0.6 is 11.8 Å². The number of nitrogens with one attached hydrogen (secondary N) is 1. The average Bonchev–Trinajstić information content (AvgIpc) is 3.05. The molecule has 0 aliphatic carbocycles. The number of methoxy groups -OCH3 is 1. The summed E-state index contributed by atoms with van der Waals surface area (Å²) in [5, 5.41) is 3.23. The van der Waals surface area contributed by atoms with Crippen molar-refractivity contribution in [3.05, 3.63) is 29.8 Å². The van der Waals surface area contributed by atoms with Crippen LogP contribution in [-0.2, 0) is 16.0 Å². The van der Waals surface area contributed by atoms with Crippen LogP contribution in [0, 0.1) is 0 Å². The van der Waals surface area contributed by atoms with Crippen molar-refractivity contribution in [3.63, 3.8) is 0 Å². The largest absolute Gasteiger partial charge is 0.497 e. The predicted octanol–water partition coefficient (Wildman–Crippen LogP) is 0.961. The second-order valence-electron chi connectivity index (χ2n) is 6.36. The van der Waals surface area contributed by atoms with Gasteiger partial charge in [-0.15, -0.1) is 11.8 Å². The molecule has 25 heavy (non-hydrogen) atoms. The van der Waals surface area contributed by atoms with E-state index >= 15 is 0 Å². The molecule has 2 fully saturated rings. The summed E-state index contributed by atoms with van der Waals surface area (Å²) in [5.74, 6) is 2.73. The quantitative estimate of drug-likeness (QED) is 0.863. The van der Waals surface area contributed by atoms with Gasteiger partial charge in [0.25, 0.3) is 0 Å². The van der Waals surface area contributed by atoms with Crippen molar-refractivity contribution in [3.8, 4) is 5.75 Å². The van der Waals surface area contributed by atoms with Crippen LogP contribution in [0.15, 0.2) is 24.3 Å². The van der Waals surface area contributed by atoms with Gasteiger partial charge in [0.05, 0.1) is 19.6 Å². The first-order valence-electron chi connectivity index (χ1n) is 8.68. The van der Waals surface area contributed by atoms with Crippen molar-refractivity contribution in [2.45, 2.75) is 18.9 Å². The van der Waals surface area contributed by atoms with E-state index in [0.717, 1.165) is 35.9 Å². The van der Waals surface area contributed by atoms with Crippen LogP contribution in [0.4, 0.5) is 0 Å². The fourth-order valence-electron chi connectivity index (χ4n) is 3.23. The zero-order valence-corrected chi connectivity index (χ0v) is 15.4. The van der Waals surface area contributed by atoms with Crippen molar-refractivity contribution >= 4 is 23.6 Å². The summed E-state index contributed by atoms with van der Waals surface area (Å²) in [5.41, 5.74) is 0.953. The Morgan fingerprint density at radius 2 is 2.04 bits per heavy atom. The predicted molar refractivity (Wildman–Crippen MR) is 98.7 cm³/mol. The zero-order valence-electron chi connectivity index (χ0n) is 14.6. The van der Waals surface area contributed by atoms with Crippen molar-refractivity contribution in [2.75, 3.05) is 44.9 Å². The minimum atomic E-state index is -0.0657. The van der Waals surface area contributed by atoms with E-state index in [1.807, 2.05) is 34.1 Å². The zero-order chi connectivity index (χ0) is 17.6. The highest BCUT2D eigenvalue weighted by atomic mass is 32.2. The molecule has 0 radical (unpaired) electrons. The molecule has 0 aromatic heterocycles.